The van der Waals surface area contributed by atoms with Crippen LogP contribution in [0.2, 0.25) is 0 Å². The largest absolute Gasteiger partial charge is 0.618 e. The van der Waals surface area contributed by atoms with Gasteiger partial charge in [-0.25, -0.2) is 4.79 Å². The molecule has 27 heavy (non-hydrogen) atoms. The molecule has 1 aromatic heterocycles. The number of nitrogens with one attached hydrogen (secondary N) is 1. The standard InChI is InChI=1S/C20H23N3O4/c1-15(27-20(25)18-7-3-6-14-23(18)26)19(24)21-16-8-10-17(11-9-16)22-12-4-2-5-13-22/h3,6-11,14-15H,2,4-5,12-13H2,1H3,(H,21,24)/t15-/m0/s1. The van der Waals surface area contributed by atoms with Crippen molar-refractivity contribution < 1.29 is 19.1 Å². The molecule has 3 rings (SSSR count). The monoisotopic (exact) mass is 369 g/mol. The summed E-state index contributed by atoms with van der Waals surface area (Å²) in [5.74, 6) is -1.30. The Morgan fingerprint density at radius 3 is 2.48 bits per heavy atom. The average Bonchev–Trinajstić information content (AvgIpc) is 2.69. The Balaban J connectivity index is 1.56. The molecule has 1 aliphatic heterocycles. The van der Waals surface area contributed by atoms with E-state index >= 15 is 0 Å². The molecule has 0 aliphatic carbocycles. The molecular formula is C20H23N3O4. The molecule has 142 valence electrons. The summed E-state index contributed by atoms with van der Waals surface area (Å²) in [6.45, 7) is 3.57. The third-order valence-corrected chi connectivity index (χ3v) is 4.54. The van der Waals surface area contributed by atoms with Crippen molar-refractivity contribution in [3.8, 4) is 0 Å². The Morgan fingerprint density at radius 1 is 1.11 bits per heavy atom. The van der Waals surface area contributed by atoms with Gasteiger partial charge in [0.2, 0.25) is 0 Å². The minimum atomic E-state index is -1.03. The first-order valence-corrected chi connectivity index (χ1v) is 9.09. The van der Waals surface area contributed by atoms with Gasteiger partial charge in [0.25, 0.3) is 5.91 Å². The number of benzene rings is 1. The van der Waals surface area contributed by atoms with Crippen molar-refractivity contribution >= 4 is 23.3 Å². The van der Waals surface area contributed by atoms with Crippen LogP contribution in [0.1, 0.15) is 36.7 Å². The number of amides is 1. The van der Waals surface area contributed by atoms with Crippen LogP contribution in [0.15, 0.2) is 48.7 Å². The van der Waals surface area contributed by atoms with Crippen molar-refractivity contribution in [1.82, 2.24) is 0 Å². The lowest BCUT2D eigenvalue weighted by atomic mass is 10.1. The highest BCUT2D eigenvalue weighted by Crippen LogP contribution is 2.22. The molecule has 0 spiro atoms. The van der Waals surface area contributed by atoms with Crippen molar-refractivity contribution in [3.05, 3.63) is 59.6 Å². The molecule has 1 N–H and O–H groups in total. The molecule has 1 aromatic carbocycles. The molecule has 7 heteroatoms. The summed E-state index contributed by atoms with van der Waals surface area (Å²) < 4.78 is 5.50. The van der Waals surface area contributed by atoms with E-state index in [0.29, 0.717) is 10.4 Å². The zero-order valence-electron chi connectivity index (χ0n) is 15.3. The quantitative estimate of drug-likeness (QED) is 0.497. The van der Waals surface area contributed by atoms with Gasteiger partial charge in [-0.05, 0) is 56.5 Å². The number of nitrogens with zero attached hydrogens (tertiary/aromatic N) is 2. The van der Waals surface area contributed by atoms with Gasteiger partial charge in [0.15, 0.2) is 12.3 Å². The van der Waals surface area contributed by atoms with Gasteiger partial charge in [0.1, 0.15) is 0 Å². The predicted octanol–water partition coefficient (Wildman–Crippen LogP) is 2.49. The minimum Gasteiger partial charge on any atom is -0.618 e. The Morgan fingerprint density at radius 2 is 1.81 bits per heavy atom. The number of ether oxygens (including phenoxy) is 1. The normalized spacial score (nSPS) is 15.1. The number of rotatable bonds is 5. The van der Waals surface area contributed by atoms with E-state index in [2.05, 4.69) is 10.2 Å². The summed E-state index contributed by atoms with van der Waals surface area (Å²) >= 11 is 0. The number of anilines is 2. The van der Waals surface area contributed by atoms with E-state index in [1.807, 2.05) is 24.3 Å². The lowest BCUT2D eigenvalue weighted by molar-refractivity contribution is -0.608. The van der Waals surface area contributed by atoms with Crippen LogP contribution in [0, 0.1) is 5.21 Å². The molecular weight excluding hydrogens is 346 g/mol. The van der Waals surface area contributed by atoms with Crippen LogP contribution in [-0.4, -0.2) is 31.1 Å². The summed E-state index contributed by atoms with van der Waals surface area (Å²) in [5.41, 5.74) is 1.60. The van der Waals surface area contributed by atoms with Crippen LogP contribution in [-0.2, 0) is 9.53 Å². The average molecular weight is 369 g/mol. The fourth-order valence-corrected chi connectivity index (χ4v) is 3.01. The number of carbonyl (C=O) groups is 2. The highest BCUT2D eigenvalue weighted by molar-refractivity contribution is 5.96. The molecule has 2 aromatic rings. The van der Waals surface area contributed by atoms with Crippen molar-refractivity contribution in [1.29, 1.82) is 0 Å². The maximum absolute atomic E-state index is 12.3. The topological polar surface area (TPSA) is 85.6 Å². The molecule has 1 amide bonds. The number of piperidine rings is 1. The number of pyridine rings is 1. The van der Waals surface area contributed by atoms with Gasteiger partial charge in [0, 0.05) is 36.6 Å². The minimum absolute atomic E-state index is 0.164. The molecule has 0 saturated carbocycles. The fraction of sp³-hybridized carbons (Fsp3) is 0.350. The molecule has 0 unspecified atom stereocenters. The predicted molar refractivity (Wildman–Crippen MR) is 101 cm³/mol. The van der Waals surface area contributed by atoms with Crippen LogP contribution < -0.4 is 14.9 Å². The van der Waals surface area contributed by atoms with Gasteiger partial charge < -0.3 is 20.2 Å². The first-order chi connectivity index (χ1) is 13.0. The van der Waals surface area contributed by atoms with Crippen molar-refractivity contribution in [2.24, 2.45) is 0 Å². The Hall–Kier alpha value is -3.09. The summed E-state index contributed by atoms with van der Waals surface area (Å²) in [7, 11) is 0. The first kappa shape index (κ1) is 18.7. The molecule has 1 atom stereocenters. The second-order valence-corrected chi connectivity index (χ2v) is 6.54. The van der Waals surface area contributed by atoms with Crippen LogP contribution in [0.3, 0.4) is 0 Å². The second-order valence-electron chi connectivity index (χ2n) is 6.54. The second kappa shape index (κ2) is 8.53. The zero-order chi connectivity index (χ0) is 19.2. The maximum Gasteiger partial charge on any atom is 0.405 e. The Labute approximate surface area is 158 Å². The Kier molecular flexibility index (Phi) is 5.90. The van der Waals surface area contributed by atoms with Crippen molar-refractivity contribution in [3.63, 3.8) is 0 Å². The third kappa shape index (κ3) is 4.75. The van der Waals surface area contributed by atoms with E-state index in [9.17, 15) is 14.8 Å². The van der Waals surface area contributed by atoms with Crippen LogP contribution >= 0.6 is 0 Å². The summed E-state index contributed by atoms with van der Waals surface area (Å²) in [4.78, 5) is 26.6. The lowest BCUT2D eigenvalue weighted by Gasteiger charge is -2.28. The summed E-state index contributed by atoms with van der Waals surface area (Å²) in [6, 6.07) is 12.0. The van der Waals surface area contributed by atoms with E-state index in [1.165, 1.54) is 44.5 Å². The Bertz CT molecular complexity index is 801. The van der Waals surface area contributed by atoms with Crippen LogP contribution in [0.4, 0.5) is 11.4 Å². The zero-order valence-corrected chi connectivity index (χ0v) is 15.3. The van der Waals surface area contributed by atoms with Gasteiger partial charge >= 0.3 is 11.7 Å². The molecule has 2 heterocycles. The number of carbonyl (C=O) groups excluding carboxylic acids is 2. The van der Waals surface area contributed by atoms with Gasteiger partial charge in [-0.3, -0.25) is 4.79 Å². The van der Waals surface area contributed by atoms with Gasteiger partial charge in [-0.1, -0.05) is 0 Å². The smallest absolute Gasteiger partial charge is 0.405 e. The SMILES string of the molecule is C[C@H](OC(=O)c1cccc[n+]1[O-])C(=O)Nc1ccc(N2CCCCC2)cc1. The highest BCUT2D eigenvalue weighted by atomic mass is 16.6. The van der Waals surface area contributed by atoms with Gasteiger partial charge in [-0.15, -0.1) is 0 Å². The van der Waals surface area contributed by atoms with E-state index < -0.39 is 18.0 Å². The van der Waals surface area contributed by atoms with Gasteiger partial charge in [-0.2, -0.15) is 4.73 Å². The third-order valence-electron chi connectivity index (χ3n) is 4.54. The summed E-state index contributed by atoms with van der Waals surface area (Å²) in [6.07, 6.45) is 3.85. The molecule has 1 fully saturated rings. The van der Waals surface area contributed by atoms with Gasteiger partial charge in [0.05, 0.1) is 0 Å². The van der Waals surface area contributed by atoms with E-state index in [4.69, 9.17) is 4.74 Å². The van der Waals surface area contributed by atoms with E-state index in [-0.39, 0.29) is 5.69 Å². The van der Waals surface area contributed by atoms with E-state index in [1.54, 1.807) is 6.07 Å². The summed E-state index contributed by atoms with van der Waals surface area (Å²) in [5, 5.41) is 14.3. The number of hydrogen-bond acceptors (Lipinski definition) is 5. The maximum atomic E-state index is 12.3. The molecule has 7 nitrogen and oxygen atoms in total. The molecule has 1 saturated heterocycles. The first-order valence-electron chi connectivity index (χ1n) is 9.09. The fourth-order valence-electron chi connectivity index (χ4n) is 3.01. The molecule has 1 aliphatic rings. The molecule has 0 bridgehead atoms. The highest BCUT2D eigenvalue weighted by Gasteiger charge is 2.23. The van der Waals surface area contributed by atoms with Crippen LogP contribution in [0.5, 0.6) is 0 Å². The number of esters is 1. The van der Waals surface area contributed by atoms with Crippen molar-refractivity contribution in [2.45, 2.75) is 32.3 Å². The lowest BCUT2D eigenvalue weighted by Crippen LogP contribution is -2.37. The van der Waals surface area contributed by atoms with Crippen LogP contribution in [0.25, 0.3) is 0 Å². The van der Waals surface area contributed by atoms with Crippen molar-refractivity contribution in [2.75, 3.05) is 23.3 Å². The number of hydrogen-bond donors (Lipinski definition) is 1. The molecule has 0 radical (unpaired) electrons. The number of aromatic nitrogens is 1. The van der Waals surface area contributed by atoms with E-state index in [0.717, 1.165) is 18.8 Å².